The van der Waals surface area contributed by atoms with Gasteiger partial charge in [-0.05, 0) is 44.2 Å². The number of nitrogens with one attached hydrogen (secondary N) is 1. The maximum atomic E-state index is 13.0. The molecule has 0 aliphatic carbocycles. The van der Waals surface area contributed by atoms with Gasteiger partial charge >= 0.3 is 0 Å². The molecule has 1 N–H and O–H groups in total. The summed E-state index contributed by atoms with van der Waals surface area (Å²) in [5.41, 5.74) is 0.480. The van der Waals surface area contributed by atoms with E-state index < -0.39 is 11.3 Å². The molecule has 8 heteroatoms. The van der Waals surface area contributed by atoms with Gasteiger partial charge in [-0.15, -0.1) is 6.58 Å². The smallest absolute Gasteiger partial charge is 0.277 e. The van der Waals surface area contributed by atoms with Gasteiger partial charge in [0.25, 0.3) is 5.91 Å². The number of hydrogen-bond donors (Lipinski definition) is 1. The van der Waals surface area contributed by atoms with Crippen molar-refractivity contribution in [1.82, 2.24) is 5.16 Å². The van der Waals surface area contributed by atoms with Crippen LogP contribution in [0, 0.1) is 5.41 Å². The van der Waals surface area contributed by atoms with E-state index in [2.05, 4.69) is 17.1 Å². The molecular weight excluding hydrogens is 386 g/mol. The van der Waals surface area contributed by atoms with Gasteiger partial charge in [0.2, 0.25) is 11.7 Å². The van der Waals surface area contributed by atoms with Crippen molar-refractivity contribution in [3.8, 4) is 17.3 Å². The molecule has 8 nitrogen and oxygen atoms in total. The van der Waals surface area contributed by atoms with Crippen LogP contribution in [0.15, 0.2) is 64.3 Å². The molecule has 154 valence electrons. The van der Waals surface area contributed by atoms with Crippen LogP contribution in [0.3, 0.4) is 0 Å². The molecule has 0 saturated carbocycles. The molecule has 1 aliphatic heterocycles. The van der Waals surface area contributed by atoms with E-state index in [0.29, 0.717) is 35.2 Å². The number of carbonyl (C=O) groups is 2. The number of ether oxygens (including phenoxy) is 1. The molecule has 0 unspecified atom stereocenters. The van der Waals surface area contributed by atoms with Crippen molar-refractivity contribution >= 4 is 23.2 Å². The number of aromatic nitrogens is 1. The van der Waals surface area contributed by atoms with Crippen LogP contribution >= 0.6 is 0 Å². The lowest BCUT2D eigenvalue weighted by Gasteiger charge is -2.27. The van der Waals surface area contributed by atoms with Crippen molar-refractivity contribution in [3.05, 3.63) is 61.0 Å². The fourth-order valence-electron chi connectivity index (χ4n) is 3.15. The number of rotatable bonds is 5. The van der Waals surface area contributed by atoms with Gasteiger partial charge in [0, 0.05) is 18.3 Å². The molecule has 0 spiro atoms. The fraction of sp³-hybridized carbons (Fsp3) is 0.227. The van der Waals surface area contributed by atoms with E-state index in [4.69, 9.17) is 13.7 Å². The third-order valence-electron chi connectivity index (χ3n) is 4.74. The van der Waals surface area contributed by atoms with Crippen molar-refractivity contribution in [2.24, 2.45) is 5.41 Å². The van der Waals surface area contributed by atoms with Gasteiger partial charge in [-0.25, -0.2) is 0 Å². The van der Waals surface area contributed by atoms with Crippen molar-refractivity contribution in [2.45, 2.75) is 13.8 Å². The minimum Gasteiger partial charge on any atom is -0.490 e. The lowest BCUT2D eigenvalue weighted by Crippen LogP contribution is -2.42. The van der Waals surface area contributed by atoms with E-state index in [9.17, 15) is 9.59 Å². The summed E-state index contributed by atoms with van der Waals surface area (Å²) in [6, 6.07) is 10.1. The molecule has 30 heavy (non-hydrogen) atoms. The lowest BCUT2D eigenvalue weighted by molar-refractivity contribution is -0.127. The molecule has 0 fully saturated rings. The average Bonchev–Trinajstić information content (AvgIpc) is 3.40. The van der Waals surface area contributed by atoms with Gasteiger partial charge in [0.1, 0.15) is 12.4 Å². The number of furan rings is 1. The van der Waals surface area contributed by atoms with Gasteiger partial charge in [0.05, 0.1) is 17.4 Å². The van der Waals surface area contributed by atoms with Gasteiger partial charge in [0.15, 0.2) is 11.5 Å². The molecular formula is C22H21N3O5. The zero-order valence-corrected chi connectivity index (χ0v) is 16.7. The van der Waals surface area contributed by atoms with Crippen molar-refractivity contribution < 1.29 is 23.3 Å². The van der Waals surface area contributed by atoms with E-state index in [1.54, 1.807) is 41.3 Å². The van der Waals surface area contributed by atoms with Crippen LogP contribution in [0.1, 0.15) is 24.3 Å². The molecule has 1 aliphatic rings. The first kappa shape index (κ1) is 19.5. The molecule has 0 radical (unpaired) electrons. The Kier molecular flexibility index (Phi) is 4.91. The summed E-state index contributed by atoms with van der Waals surface area (Å²) in [6.07, 6.45) is 3.16. The average molecular weight is 407 g/mol. The number of nitrogens with zero attached hydrogens (tertiary/aromatic N) is 2. The summed E-state index contributed by atoms with van der Waals surface area (Å²) in [5.74, 6) is 0.864. The Hall–Kier alpha value is -3.81. The summed E-state index contributed by atoms with van der Waals surface area (Å²) in [7, 11) is 0. The Morgan fingerprint density at radius 1 is 1.30 bits per heavy atom. The Labute approximate surface area is 173 Å². The maximum Gasteiger partial charge on any atom is 0.277 e. The number of anilines is 2. The Morgan fingerprint density at radius 3 is 2.87 bits per heavy atom. The summed E-state index contributed by atoms with van der Waals surface area (Å²) in [6.45, 7) is 7.99. The van der Waals surface area contributed by atoms with Crippen LogP contribution in [0.5, 0.6) is 5.75 Å². The molecule has 4 rings (SSSR count). The van der Waals surface area contributed by atoms with Crippen LogP contribution in [-0.4, -0.2) is 30.1 Å². The number of carbonyl (C=O) groups excluding carboxylic acids is 2. The van der Waals surface area contributed by atoms with E-state index in [-0.39, 0.29) is 18.2 Å². The second-order valence-electron chi connectivity index (χ2n) is 7.57. The molecule has 0 atom stereocenters. The molecule has 2 amide bonds. The first-order valence-corrected chi connectivity index (χ1v) is 9.41. The number of hydrogen-bond acceptors (Lipinski definition) is 6. The highest BCUT2D eigenvalue weighted by Gasteiger charge is 2.37. The normalized spacial score (nSPS) is 15.1. The minimum absolute atomic E-state index is 0.0794. The lowest BCUT2D eigenvalue weighted by atomic mass is 9.93. The summed E-state index contributed by atoms with van der Waals surface area (Å²) in [5, 5.41) is 6.57. The second-order valence-corrected chi connectivity index (χ2v) is 7.57. The SMILES string of the molecule is C=CCN1C(=O)C(C)(C)COc2ccc(NC(=O)c3cc(-c4ccco4)on3)cc21. The van der Waals surface area contributed by atoms with Crippen LogP contribution in [0.2, 0.25) is 0 Å². The van der Waals surface area contributed by atoms with Gasteiger partial charge < -0.3 is 23.9 Å². The molecule has 0 bridgehead atoms. The quantitative estimate of drug-likeness (QED) is 0.639. The highest BCUT2D eigenvalue weighted by molar-refractivity contribution is 6.04. The third-order valence-corrected chi connectivity index (χ3v) is 4.74. The highest BCUT2D eigenvalue weighted by atomic mass is 16.5. The van der Waals surface area contributed by atoms with E-state index in [0.717, 1.165) is 0 Å². The number of fused-ring (bicyclic) bond motifs is 1. The fourth-order valence-corrected chi connectivity index (χ4v) is 3.15. The van der Waals surface area contributed by atoms with Crippen molar-refractivity contribution in [3.63, 3.8) is 0 Å². The molecule has 1 aromatic carbocycles. The molecule has 2 aromatic heterocycles. The van der Waals surface area contributed by atoms with E-state index in [1.807, 2.05) is 13.8 Å². The van der Waals surface area contributed by atoms with Crippen LogP contribution < -0.4 is 15.0 Å². The Bertz CT molecular complexity index is 1100. The monoisotopic (exact) mass is 407 g/mol. The third kappa shape index (κ3) is 3.59. The number of amides is 2. The first-order chi connectivity index (χ1) is 14.4. The van der Waals surface area contributed by atoms with Crippen molar-refractivity contribution in [1.29, 1.82) is 0 Å². The Morgan fingerprint density at radius 2 is 2.13 bits per heavy atom. The van der Waals surface area contributed by atoms with Gasteiger partial charge in [-0.3, -0.25) is 9.59 Å². The topological polar surface area (TPSA) is 97.8 Å². The second kappa shape index (κ2) is 7.55. The van der Waals surface area contributed by atoms with Crippen molar-refractivity contribution in [2.75, 3.05) is 23.4 Å². The molecule has 3 aromatic rings. The van der Waals surface area contributed by atoms with E-state index in [1.165, 1.54) is 12.3 Å². The molecule has 0 saturated heterocycles. The zero-order chi connectivity index (χ0) is 21.3. The summed E-state index contributed by atoms with van der Waals surface area (Å²) >= 11 is 0. The predicted molar refractivity (Wildman–Crippen MR) is 110 cm³/mol. The van der Waals surface area contributed by atoms with Gasteiger partial charge in [-0.1, -0.05) is 11.2 Å². The predicted octanol–water partition coefficient (Wildman–Crippen LogP) is 4.12. The van der Waals surface area contributed by atoms with Crippen LogP contribution in [0.4, 0.5) is 11.4 Å². The Balaban J connectivity index is 1.59. The molecule has 3 heterocycles. The largest absolute Gasteiger partial charge is 0.490 e. The van der Waals surface area contributed by atoms with E-state index >= 15 is 0 Å². The van der Waals surface area contributed by atoms with Crippen LogP contribution in [0.25, 0.3) is 11.5 Å². The van der Waals surface area contributed by atoms with Gasteiger partial charge in [-0.2, -0.15) is 0 Å². The first-order valence-electron chi connectivity index (χ1n) is 9.41. The zero-order valence-electron chi connectivity index (χ0n) is 16.7. The standard InChI is InChI=1S/C22H21N3O5/c1-4-9-25-16-11-14(7-8-17(16)29-13-22(2,3)21(25)27)23-20(26)15-12-19(30-24-15)18-6-5-10-28-18/h4-8,10-12H,1,9,13H2,2-3H3,(H,23,26). The maximum absolute atomic E-state index is 13.0. The van der Waals surface area contributed by atoms with Crippen LogP contribution in [-0.2, 0) is 4.79 Å². The highest BCUT2D eigenvalue weighted by Crippen LogP contribution is 2.38. The summed E-state index contributed by atoms with van der Waals surface area (Å²) < 4.78 is 16.3. The summed E-state index contributed by atoms with van der Waals surface area (Å²) in [4.78, 5) is 27.2. The number of benzene rings is 1. The minimum atomic E-state index is -0.686.